The molecule has 0 heterocycles. The number of aliphatic hydroxyl groups is 1. The van der Waals surface area contributed by atoms with Gasteiger partial charge >= 0.3 is 29.6 Å². The number of hydrogen-bond acceptors (Lipinski definition) is 1. The van der Waals surface area contributed by atoms with Gasteiger partial charge in [-0.1, -0.05) is 0 Å². The van der Waals surface area contributed by atoms with Crippen LogP contribution in [0.3, 0.4) is 0 Å². The smallest absolute Gasteiger partial charge is 0.384 e. The lowest BCUT2D eigenvalue weighted by molar-refractivity contribution is -0.492. The molecular weight excluding hydrogens is 321 g/mol. The van der Waals surface area contributed by atoms with Gasteiger partial charge in [0.15, 0.2) is 0 Å². The summed E-state index contributed by atoms with van der Waals surface area (Å²) in [6.45, 7) is -0.266. The SMILES string of the molecule is C[C@@H](O)C1(F)C(F)(F)C(F)(F)C(F)(F)C(F)(F)C1(F)F. The molecule has 12 heteroatoms. The van der Waals surface area contributed by atoms with Crippen LogP contribution in [0.1, 0.15) is 6.92 Å². The molecule has 0 saturated heterocycles. The lowest BCUT2D eigenvalue weighted by atomic mass is 9.70. The Morgan fingerprint density at radius 3 is 0.950 bits per heavy atom. The van der Waals surface area contributed by atoms with Crippen LogP contribution in [-0.4, -0.2) is 46.5 Å². The molecule has 0 aromatic carbocycles. The van der Waals surface area contributed by atoms with Crippen LogP contribution in [0.5, 0.6) is 0 Å². The van der Waals surface area contributed by atoms with Crippen molar-refractivity contribution < 1.29 is 53.4 Å². The molecule has 1 aliphatic rings. The Bertz CT molecular complexity index is 383. The predicted molar refractivity (Wildman–Crippen MR) is 40.3 cm³/mol. The first kappa shape index (κ1) is 17.2. The molecule has 1 fully saturated rings. The number of alkyl halides is 11. The van der Waals surface area contributed by atoms with E-state index in [0.29, 0.717) is 0 Å². The van der Waals surface area contributed by atoms with Crippen LogP contribution >= 0.6 is 0 Å². The topological polar surface area (TPSA) is 20.2 Å². The van der Waals surface area contributed by atoms with E-state index in [2.05, 4.69) is 0 Å². The molecule has 1 N–H and O–H groups in total. The molecule has 1 nitrogen and oxygen atoms in total. The standard InChI is InChI=1S/C8H5F11O/c1-2(20)3(9)4(10,11)6(14,15)8(18,19)7(16,17)5(3,12)13/h2,20H,1H3/t2-/m1/s1. The molecule has 1 rings (SSSR count). The summed E-state index contributed by atoms with van der Waals surface area (Å²) in [5.74, 6) is -35.5. The highest BCUT2D eigenvalue weighted by Gasteiger charge is 3.01. The van der Waals surface area contributed by atoms with Crippen molar-refractivity contribution in [3.8, 4) is 0 Å². The number of halogens is 11. The molecule has 20 heavy (non-hydrogen) atoms. The van der Waals surface area contributed by atoms with E-state index in [4.69, 9.17) is 5.11 Å². The highest BCUT2D eigenvalue weighted by Crippen LogP contribution is 2.70. The Hall–Kier alpha value is -0.810. The summed E-state index contributed by atoms with van der Waals surface area (Å²) in [6.07, 6.45) is -3.79. The molecular formula is C8H5F11O. The van der Waals surface area contributed by atoms with Gasteiger partial charge in [-0.05, 0) is 6.92 Å². The van der Waals surface area contributed by atoms with Gasteiger partial charge in [0, 0.05) is 0 Å². The molecule has 0 bridgehead atoms. The Kier molecular flexibility index (Phi) is 3.18. The summed E-state index contributed by atoms with van der Waals surface area (Å²) in [5.41, 5.74) is -6.30. The minimum Gasteiger partial charge on any atom is -0.390 e. The van der Waals surface area contributed by atoms with Crippen molar-refractivity contribution in [3.05, 3.63) is 0 Å². The van der Waals surface area contributed by atoms with Crippen LogP contribution in [0, 0.1) is 0 Å². The molecule has 0 radical (unpaired) electrons. The number of hydrogen-bond donors (Lipinski definition) is 1. The van der Waals surface area contributed by atoms with Crippen molar-refractivity contribution >= 4 is 0 Å². The van der Waals surface area contributed by atoms with Crippen LogP contribution in [0.4, 0.5) is 48.3 Å². The molecule has 1 atom stereocenters. The Morgan fingerprint density at radius 1 is 0.550 bits per heavy atom. The molecule has 0 aromatic heterocycles. The normalized spacial score (nSPS) is 33.5. The summed E-state index contributed by atoms with van der Waals surface area (Å²) in [4.78, 5) is 0. The zero-order chi connectivity index (χ0) is 16.6. The first-order valence-corrected chi connectivity index (χ1v) is 4.70. The third kappa shape index (κ3) is 1.29. The van der Waals surface area contributed by atoms with Gasteiger partial charge in [-0.2, -0.15) is 43.9 Å². The first-order chi connectivity index (χ1) is 8.44. The van der Waals surface area contributed by atoms with Crippen molar-refractivity contribution in [1.29, 1.82) is 0 Å². The first-order valence-electron chi connectivity index (χ1n) is 4.70. The Labute approximate surface area is 103 Å². The maximum atomic E-state index is 13.5. The van der Waals surface area contributed by atoms with E-state index in [9.17, 15) is 48.3 Å². The van der Waals surface area contributed by atoms with Crippen molar-refractivity contribution in [1.82, 2.24) is 0 Å². The van der Waals surface area contributed by atoms with Crippen LogP contribution < -0.4 is 0 Å². The van der Waals surface area contributed by atoms with Crippen LogP contribution in [0.2, 0.25) is 0 Å². The fourth-order valence-electron chi connectivity index (χ4n) is 1.77. The Balaban J connectivity index is 3.83. The largest absolute Gasteiger partial charge is 0.390 e. The van der Waals surface area contributed by atoms with Crippen molar-refractivity contribution in [2.24, 2.45) is 0 Å². The van der Waals surface area contributed by atoms with E-state index in [-0.39, 0.29) is 6.92 Å². The molecule has 1 aliphatic carbocycles. The third-order valence-electron chi connectivity index (χ3n) is 3.07. The third-order valence-corrected chi connectivity index (χ3v) is 3.07. The van der Waals surface area contributed by atoms with Crippen molar-refractivity contribution in [2.45, 2.75) is 48.3 Å². The number of rotatable bonds is 1. The molecule has 0 unspecified atom stereocenters. The highest BCUT2D eigenvalue weighted by molar-refractivity contribution is 5.27. The maximum absolute atomic E-state index is 13.5. The molecule has 0 aliphatic heterocycles. The second-order valence-corrected chi connectivity index (χ2v) is 4.26. The molecule has 120 valence electrons. The average Bonchev–Trinajstić information content (AvgIpc) is 2.24. The summed E-state index contributed by atoms with van der Waals surface area (Å²) < 4.78 is 142. The van der Waals surface area contributed by atoms with E-state index in [1.165, 1.54) is 0 Å². The summed E-state index contributed by atoms with van der Waals surface area (Å²) in [6, 6.07) is 0. The van der Waals surface area contributed by atoms with Gasteiger partial charge in [-0.25, -0.2) is 4.39 Å². The second kappa shape index (κ2) is 3.69. The molecule has 0 aromatic rings. The quantitative estimate of drug-likeness (QED) is 0.734. The zero-order valence-corrected chi connectivity index (χ0v) is 9.18. The van der Waals surface area contributed by atoms with E-state index in [1.807, 2.05) is 0 Å². The molecule has 0 amide bonds. The van der Waals surface area contributed by atoms with Gasteiger partial charge < -0.3 is 5.11 Å². The van der Waals surface area contributed by atoms with Crippen LogP contribution in [0.15, 0.2) is 0 Å². The minimum atomic E-state index is -7.24. The zero-order valence-electron chi connectivity index (χ0n) is 9.18. The monoisotopic (exact) mass is 326 g/mol. The van der Waals surface area contributed by atoms with Gasteiger partial charge in [-0.3, -0.25) is 0 Å². The molecule has 0 spiro atoms. The lowest BCUT2D eigenvalue weighted by Crippen LogP contribution is -2.85. The summed E-state index contributed by atoms with van der Waals surface area (Å²) in [5, 5.41) is 8.50. The van der Waals surface area contributed by atoms with Gasteiger partial charge in [0.2, 0.25) is 0 Å². The van der Waals surface area contributed by atoms with Crippen LogP contribution in [0.25, 0.3) is 0 Å². The van der Waals surface area contributed by atoms with Gasteiger partial charge in [0.25, 0.3) is 5.67 Å². The van der Waals surface area contributed by atoms with Crippen molar-refractivity contribution in [2.75, 3.05) is 0 Å². The van der Waals surface area contributed by atoms with E-state index in [0.717, 1.165) is 0 Å². The summed E-state index contributed by atoms with van der Waals surface area (Å²) in [7, 11) is 0. The van der Waals surface area contributed by atoms with E-state index < -0.39 is 41.4 Å². The second-order valence-electron chi connectivity index (χ2n) is 4.26. The lowest BCUT2D eigenvalue weighted by Gasteiger charge is -2.53. The number of aliphatic hydroxyl groups excluding tert-OH is 1. The maximum Gasteiger partial charge on any atom is 0.384 e. The fraction of sp³-hybridized carbons (Fsp3) is 1.00. The van der Waals surface area contributed by atoms with E-state index >= 15 is 0 Å². The predicted octanol–water partition coefficient (Wildman–Crippen LogP) is 3.27. The van der Waals surface area contributed by atoms with Crippen LogP contribution in [-0.2, 0) is 0 Å². The molecule has 1 saturated carbocycles. The van der Waals surface area contributed by atoms with Gasteiger partial charge in [0.1, 0.15) is 0 Å². The Morgan fingerprint density at radius 2 is 0.750 bits per heavy atom. The minimum absolute atomic E-state index is 0.266. The fourth-order valence-corrected chi connectivity index (χ4v) is 1.77. The average molecular weight is 326 g/mol. The van der Waals surface area contributed by atoms with E-state index in [1.54, 1.807) is 0 Å². The highest BCUT2D eigenvalue weighted by atomic mass is 19.4. The van der Waals surface area contributed by atoms with Gasteiger partial charge in [0.05, 0.1) is 6.10 Å². The van der Waals surface area contributed by atoms with Crippen molar-refractivity contribution in [3.63, 3.8) is 0 Å². The van der Waals surface area contributed by atoms with Gasteiger partial charge in [-0.15, -0.1) is 0 Å². The summed E-state index contributed by atoms with van der Waals surface area (Å²) >= 11 is 0.